The zero-order valence-corrected chi connectivity index (χ0v) is 48.3. The first-order valence-electron chi connectivity index (χ1n) is 31.0. The van der Waals surface area contributed by atoms with E-state index in [1.807, 2.05) is 0 Å². The summed E-state index contributed by atoms with van der Waals surface area (Å²) in [6.07, 6.45) is 0. The summed E-state index contributed by atoms with van der Waals surface area (Å²) in [5.74, 6) is 6.58. The number of hydrogen-bond acceptors (Lipinski definition) is 8. The Morgan fingerprint density at radius 3 is 0.711 bits per heavy atom. The molecule has 0 N–H and O–H groups in total. The summed E-state index contributed by atoms with van der Waals surface area (Å²) >= 11 is 0. The van der Waals surface area contributed by atoms with E-state index in [4.69, 9.17) is 18.9 Å². The van der Waals surface area contributed by atoms with Gasteiger partial charge in [-0.25, -0.2) is 0 Å². The molecule has 0 spiro atoms. The van der Waals surface area contributed by atoms with Crippen LogP contribution in [0.4, 0.5) is 68.2 Å². The van der Waals surface area contributed by atoms with E-state index in [-0.39, 0.29) is 26.9 Å². The van der Waals surface area contributed by atoms with E-state index in [1.54, 1.807) is 0 Å². The molecule has 0 saturated carbocycles. The van der Waals surface area contributed by atoms with Gasteiger partial charge in [-0.3, -0.25) is 0 Å². The maximum absolute atomic E-state index is 7.72. The Morgan fingerprint density at radius 2 is 0.422 bits per heavy atom. The molecule has 0 bridgehead atoms. The standard InChI is InChI=1S/C78H46B4N4O4/c1-5-25-47(26-6-1)83-59-39-19-13-33-51(59)79-53-35-15-21-41-63(53)87-75-67(79)71(83)77-69-73(75)85(49-29-9-3-10-30-49)61-46-58-62(45-57(61)81(69)55-37-17-23-43-65(55)89-77)86(50-31-11-4-12-32-50)74-70-78(90-66-44-24-18-38-56(66)82(58)70)72-68-76(74)88-64-42-22-16-36-54(64)80(68)52-34-14-20-40-60(52)84(72)48-27-7-2-8-28-48/h1-46H. The van der Waals surface area contributed by atoms with Gasteiger partial charge in [-0.1, -0.05) is 182 Å². The lowest BCUT2D eigenvalue weighted by molar-refractivity contribution is 0.477. The van der Waals surface area contributed by atoms with Gasteiger partial charge in [0.2, 0.25) is 0 Å². The Bertz CT molecular complexity index is 4960. The Labute approximate surface area is 521 Å². The van der Waals surface area contributed by atoms with E-state index >= 15 is 0 Å². The first kappa shape index (κ1) is 48.6. The first-order chi connectivity index (χ1) is 44.7. The van der Waals surface area contributed by atoms with Gasteiger partial charge in [0.05, 0.1) is 22.7 Å². The lowest BCUT2D eigenvalue weighted by Gasteiger charge is -2.49. The van der Waals surface area contributed by atoms with Crippen molar-refractivity contribution in [3.05, 3.63) is 279 Å². The Hall–Kier alpha value is -11.5. The second kappa shape index (κ2) is 18.1. The van der Waals surface area contributed by atoms with Crippen LogP contribution in [0.15, 0.2) is 279 Å². The third-order valence-corrected chi connectivity index (χ3v) is 20.0. The van der Waals surface area contributed by atoms with Crippen molar-refractivity contribution < 1.29 is 18.9 Å². The van der Waals surface area contributed by atoms with Crippen LogP contribution in [-0.2, 0) is 0 Å². The highest BCUT2D eigenvalue weighted by Gasteiger charge is 2.56. The molecule has 0 saturated heterocycles. The number of anilines is 12. The van der Waals surface area contributed by atoms with E-state index in [2.05, 4.69) is 299 Å². The predicted molar refractivity (Wildman–Crippen MR) is 370 cm³/mol. The van der Waals surface area contributed by atoms with Crippen LogP contribution in [0.1, 0.15) is 0 Å². The molecule has 0 unspecified atom stereocenters. The van der Waals surface area contributed by atoms with Crippen LogP contribution in [0, 0.1) is 0 Å². The molecule has 0 fully saturated rings. The van der Waals surface area contributed by atoms with Crippen LogP contribution in [0.3, 0.4) is 0 Å². The van der Waals surface area contributed by atoms with E-state index in [0.717, 1.165) is 169 Å². The second-order valence-electron chi connectivity index (χ2n) is 24.4. The van der Waals surface area contributed by atoms with E-state index in [0.29, 0.717) is 0 Å². The average Bonchev–Trinajstić information content (AvgIpc) is 0.679. The highest BCUT2D eigenvalue weighted by Crippen LogP contribution is 2.57. The molecule has 8 nitrogen and oxygen atoms in total. The van der Waals surface area contributed by atoms with Gasteiger partial charge in [-0.05, 0) is 141 Å². The number of rotatable bonds is 4. The fourth-order valence-electron chi connectivity index (χ4n) is 16.6. The third-order valence-electron chi connectivity index (χ3n) is 20.0. The molecule has 0 radical (unpaired) electrons. The Balaban J connectivity index is 0.916. The number of nitrogens with zero attached hydrogens (tertiary/aromatic N) is 4. The van der Waals surface area contributed by atoms with Gasteiger partial charge in [0.1, 0.15) is 46.0 Å². The topological polar surface area (TPSA) is 49.9 Å². The predicted octanol–water partition coefficient (Wildman–Crippen LogP) is 11.3. The Morgan fingerprint density at radius 1 is 0.200 bits per heavy atom. The number of hydrogen-bond donors (Lipinski definition) is 0. The molecular formula is C78H46B4N4O4. The first-order valence-corrected chi connectivity index (χ1v) is 31.0. The monoisotopic (exact) mass is 1150 g/mol. The van der Waals surface area contributed by atoms with E-state index < -0.39 is 0 Å². The van der Waals surface area contributed by atoms with Gasteiger partial charge >= 0.3 is 0 Å². The lowest BCUT2D eigenvalue weighted by Crippen LogP contribution is -2.66. The molecule has 0 amide bonds. The van der Waals surface area contributed by atoms with Gasteiger partial charge in [0.15, 0.2) is 0 Å². The van der Waals surface area contributed by atoms with Gasteiger partial charge < -0.3 is 38.5 Å². The fraction of sp³-hybridized carbons (Fsp3) is 0. The van der Waals surface area contributed by atoms with E-state index in [1.165, 1.54) is 10.9 Å². The minimum absolute atomic E-state index is 0.185. The fourth-order valence-corrected chi connectivity index (χ4v) is 16.6. The smallest absolute Gasteiger partial charge is 0.256 e. The molecule has 8 aliphatic rings. The van der Waals surface area contributed by atoms with E-state index in [9.17, 15) is 0 Å². The number of ether oxygens (including phenoxy) is 4. The number of para-hydroxylation sites is 10. The molecule has 414 valence electrons. The van der Waals surface area contributed by atoms with Crippen molar-refractivity contribution >= 4 is 161 Å². The van der Waals surface area contributed by atoms with Crippen LogP contribution in [0.5, 0.6) is 46.0 Å². The largest absolute Gasteiger partial charge is 0.456 e. The molecule has 0 aliphatic carbocycles. The lowest BCUT2D eigenvalue weighted by atomic mass is 9.30. The van der Waals surface area contributed by atoms with Crippen molar-refractivity contribution in [2.45, 2.75) is 0 Å². The second-order valence-corrected chi connectivity index (χ2v) is 24.4. The van der Waals surface area contributed by atoms with Crippen molar-refractivity contribution in [3.63, 3.8) is 0 Å². The third kappa shape index (κ3) is 6.33. The van der Waals surface area contributed by atoms with Crippen molar-refractivity contribution in [2.75, 3.05) is 19.6 Å². The molecule has 21 rings (SSSR count). The highest BCUT2D eigenvalue weighted by atomic mass is 16.5. The molecular weight excluding hydrogens is 1100 g/mol. The molecule has 8 aliphatic heterocycles. The molecule has 12 heteroatoms. The number of fused-ring (bicyclic) bond motifs is 20. The summed E-state index contributed by atoms with van der Waals surface area (Å²) < 4.78 is 30.9. The number of benzene rings is 13. The maximum atomic E-state index is 7.72. The summed E-state index contributed by atoms with van der Waals surface area (Å²) in [7, 11) is 0. The van der Waals surface area contributed by atoms with Gasteiger partial charge in [0.25, 0.3) is 26.9 Å². The van der Waals surface area contributed by atoms with Gasteiger partial charge in [-0.2, -0.15) is 0 Å². The summed E-state index contributed by atoms with van der Waals surface area (Å²) in [6, 6.07) is 101. The average molecular weight is 1150 g/mol. The zero-order chi connectivity index (χ0) is 58.4. The molecule has 0 aromatic heterocycles. The molecule has 13 aromatic rings. The molecule has 13 aromatic carbocycles. The van der Waals surface area contributed by atoms with Crippen LogP contribution in [0.2, 0.25) is 0 Å². The van der Waals surface area contributed by atoms with Gasteiger partial charge in [0, 0.05) is 67.4 Å². The van der Waals surface area contributed by atoms with Crippen molar-refractivity contribution in [3.8, 4) is 46.0 Å². The minimum atomic E-state index is -0.336. The quantitative estimate of drug-likeness (QED) is 0.162. The zero-order valence-electron chi connectivity index (χ0n) is 48.3. The van der Waals surface area contributed by atoms with Gasteiger partial charge in [-0.15, -0.1) is 0 Å². The van der Waals surface area contributed by atoms with Crippen molar-refractivity contribution in [1.29, 1.82) is 0 Å². The normalized spacial score (nSPS) is 14.4. The van der Waals surface area contributed by atoms with Crippen LogP contribution >= 0.6 is 0 Å². The van der Waals surface area contributed by atoms with Crippen LogP contribution < -0.4 is 104 Å². The SMILES string of the molecule is c1ccc(N2c3ccccc3B3c4ccccc4Oc4c3c2c2c3c4N(c4ccccc4)c4cc5c(cc4B3c3ccccc3O2)N(c2ccccc2)c2c3c4c(c6c2B5c2ccccc2O6)N(c2ccccc2)c2ccccc2B4c2ccccc2O3)cc1. The Kier molecular flexibility index (Phi) is 9.76. The van der Waals surface area contributed by atoms with Crippen molar-refractivity contribution in [1.82, 2.24) is 0 Å². The van der Waals surface area contributed by atoms with Crippen molar-refractivity contribution in [2.24, 2.45) is 0 Å². The molecule has 90 heavy (non-hydrogen) atoms. The summed E-state index contributed by atoms with van der Waals surface area (Å²) in [4.78, 5) is 9.86. The van der Waals surface area contributed by atoms with Crippen LogP contribution in [-0.4, -0.2) is 26.9 Å². The summed E-state index contributed by atoms with van der Waals surface area (Å²) in [6.45, 7) is -1.04. The van der Waals surface area contributed by atoms with Crippen LogP contribution in [0.25, 0.3) is 0 Å². The minimum Gasteiger partial charge on any atom is -0.456 e. The molecule has 0 atom stereocenters. The molecule has 8 heterocycles. The highest BCUT2D eigenvalue weighted by molar-refractivity contribution is 7.04. The maximum Gasteiger partial charge on any atom is 0.256 e. The summed E-state index contributed by atoms with van der Waals surface area (Å²) in [5.41, 5.74) is 25.6. The summed E-state index contributed by atoms with van der Waals surface area (Å²) in [5, 5.41) is 0.